The summed E-state index contributed by atoms with van der Waals surface area (Å²) in [6.45, 7) is 0.505. The standard InChI is InChI=1S/C15H13NO3S/c1-18-12-6-2-4-10-8-13(19-14(10)12)15(17)16-9-11-5-3-7-20-11/h2-8H,9H2,1H3,(H,16,17). The van der Waals surface area contributed by atoms with E-state index in [9.17, 15) is 4.79 Å². The molecule has 2 aromatic heterocycles. The summed E-state index contributed by atoms with van der Waals surface area (Å²) in [6.07, 6.45) is 0. The Bertz CT molecular complexity index is 731. The number of methoxy groups -OCH3 is 1. The first-order valence-corrected chi connectivity index (χ1v) is 7.03. The lowest BCUT2D eigenvalue weighted by Crippen LogP contribution is -2.21. The molecule has 1 N–H and O–H groups in total. The van der Waals surface area contributed by atoms with Crippen molar-refractivity contribution >= 4 is 28.2 Å². The number of benzene rings is 1. The van der Waals surface area contributed by atoms with Crippen molar-refractivity contribution in [3.05, 3.63) is 52.4 Å². The lowest BCUT2D eigenvalue weighted by Gasteiger charge is -2.00. The Balaban J connectivity index is 1.81. The van der Waals surface area contributed by atoms with E-state index < -0.39 is 0 Å². The number of furan rings is 1. The summed E-state index contributed by atoms with van der Waals surface area (Å²) in [5.41, 5.74) is 0.594. The third kappa shape index (κ3) is 2.40. The Morgan fingerprint density at radius 1 is 1.35 bits per heavy atom. The normalized spacial score (nSPS) is 10.7. The van der Waals surface area contributed by atoms with E-state index in [4.69, 9.17) is 9.15 Å². The van der Waals surface area contributed by atoms with Gasteiger partial charge in [-0.25, -0.2) is 0 Å². The summed E-state index contributed by atoms with van der Waals surface area (Å²) >= 11 is 1.61. The molecule has 0 radical (unpaired) electrons. The molecule has 0 aliphatic rings. The van der Waals surface area contributed by atoms with Gasteiger partial charge >= 0.3 is 0 Å². The third-order valence-electron chi connectivity index (χ3n) is 2.95. The van der Waals surface area contributed by atoms with E-state index in [0.717, 1.165) is 10.3 Å². The van der Waals surface area contributed by atoms with Crippen LogP contribution >= 0.6 is 11.3 Å². The summed E-state index contributed by atoms with van der Waals surface area (Å²) < 4.78 is 10.8. The lowest BCUT2D eigenvalue weighted by atomic mass is 10.2. The van der Waals surface area contributed by atoms with Gasteiger partial charge < -0.3 is 14.5 Å². The van der Waals surface area contributed by atoms with Crippen LogP contribution in [0.15, 0.2) is 46.2 Å². The second-order valence-electron chi connectivity index (χ2n) is 4.25. The van der Waals surface area contributed by atoms with Crippen molar-refractivity contribution in [2.24, 2.45) is 0 Å². The molecule has 0 aliphatic carbocycles. The Labute approximate surface area is 120 Å². The van der Waals surface area contributed by atoms with Crippen LogP contribution in [0.5, 0.6) is 5.75 Å². The number of fused-ring (bicyclic) bond motifs is 1. The second kappa shape index (κ2) is 5.38. The summed E-state index contributed by atoms with van der Waals surface area (Å²) in [6, 6.07) is 11.2. The van der Waals surface area contributed by atoms with Crippen LogP contribution in [0.3, 0.4) is 0 Å². The number of para-hydroxylation sites is 1. The maximum absolute atomic E-state index is 12.1. The Morgan fingerprint density at radius 2 is 2.25 bits per heavy atom. The fourth-order valence-corrected chi connectivity index (χ4v) is 2.62. The van der Waals surface area contributed by atoms with Gasteiger partial charge in [0.25, 0.3) is 5.91 Å². The van der Waals surface area contributed by atoms with Crippen molar-refractivity contribution in [2.45, 2.75) is 6.54 Å². The highest BCUT2D eigenvalue weighted by Gasteiger charge is 2.14. The highest BCUT2D eigenvalue weighted by molar-refractivity contribution is 7.09. The maximum atomic E-state index is 12.1. The van der Waals surface area contributed by atoms with Crippen LogP contribution in [-0.4, -0.2) is 13.0 Å². The average Bonchev–Trinajstić information content (AvgIpc) is 3.12. The molecular formula is C15H13NO3S. The molecule has 3 aromatic rings. The van der Waals surface area contributed by atoms with E-state index >= 15 is 0 Å². The molecule has 102 valence electrons. The van der Waals surface area contributed by atoms with E-state index in [1.165, 1.54) is 0 Å². The van der Waals surface area contributed by atoms with Crippen molar-refractivity contribution in [2.75, 3.05) is 7.11 Å². The minimum atomic E-state index is -0.225. The number of carbonyl (C=O) groups is 1. The van der Waals surface area contributed by atoms with E-state index in [0.29, 0.717) is 23.6 Å². The highest BCUT2D eigenvalue weighted by Crippen LogP contribution is 2.28. The van der Waals surface area contributed by atoms with Gasteiger partial charge in [-0.1, -0.05) is 18.2 Å². The predicted molar refractivity (Wildman–Crippen MR) is 78.3 cm³/mol. The molecule has 0 unspecified atom stereocenters. The monoisotopic (exact) mass is 287 g/mol. The summed E-state index contributed by atoms with van der Waals surface area (Å²) in [7, 11) is 1.58. The van der Waals surface area contributed by atoms with E-state index in [2.05, 4.69) is 5.32 Å². The quantitative estimate of drug-likeness (QED) is 0.799. The average molecular weight is 287 g/mol. The van der Waals surface area contributed by atoms with Crippen LogP contribution in [0.1, 0.15) is 15.4 Å². The highest BCUT2D eigenvalue weighted by atomic mass is 32.1. The molecule has 20 heavy (non-hydrogen) atoms. The van der Waals surface area contributed by atoms with Crippen molar-refractivity contribution in [3.63, 3.8) is 0 Å². The molecular weight excluding hydrogens is 274 g/mol. The molecule has 0 bridgehead atoms. The zero-order chi connectivity index (χ0) is 13.9. The number of nitrogens with one attached hydrogen (secondary N) is 1. The largest absolute Gasteiger partial charge is 0.493 e. The smallest absolute Gasteiger partial charge is 0.287 e. The molecule has 0 fully saturated rings. The number of thiophene rings is 1. The maximum Gasteiger partial charge on any atom is 0.287 e. The zero-order valence-corrected chi connectivity index (χ0v) is 11.7. The third-order valence-corrected chi connectivity index (χ3v) is 3.83. The minimum Gasteiger partial charge on any atom is -0.493 e. The molecule has 2 heterocycles. The Kier molecular flexibility index (Phi) is 3.43. The molecule has 4 nitrogen and oxygen atoms in total. The molecule has 5 heteroatoms. The van der Waals surface area contributed by atoms with Gasteiger partial charge in [0, 0.05) is 10.3 Å². The molecule has 0 saturated heterocycles. The molecule has 0 atom stereocenters. The van der Waals surface area contributed by atoms with Crippen LogP contribution in [0.4, 0.5) is 0 Å². The first-order valence-electron chi connectivity index (χ1n) is 6.15. The second-order valence-corrected chi connectivity index (χ2v) is 5.28. The Morgan fingerprint density at radius 3 is 3.00 bits per heavy atom. The number of carbonyl (C=O) groups excluding carboxylic acids is 1. The van der Waals surface area contributed by atoms with Crippen molar-refractivity contribution in [1.29, 1.82) is 0 Å². The van der Waals surface area contributed by atoms with Crippen molar-refractivity contribution in [1.82, 2.24) is 5.32 Å². The van der Waals surface area contributed by atoms with E-state index in [-0.39, 0.29) is 5.91 Å². The number of ether oxygens (including phenoxy) is 1. The van der Waals surface area contributed by atoms with Gasteiger partial charge in [0.05, 0.1) is 13.7 Å². The van der Waals surface area contributed by atoms with E-state index in [1.54, 1.807) is 30.6 Å². The van der Waals surface area contributed by atoms with E-state index in [1.807, 2.05) is 29.6 Å². The summed E-state index contributed by atoms with van der Waals surface area (Å²) in [4.78, 5) is 13.2. The first kappa shape index (κ1) is 12.7. The van der Waals surface area contributed by atoms with Crippen LogP contribution in [0.25, 0.3) is 11.0 Å². The van der Waals surface area contributed by atoms with Gasteiger partial charge in [-0.3, -0.25) is 4.79 Å². The number of hydrogen-bond donors (Lipinski definition) is 1. The topological polar surface area (TPSA) is 51.5 Å². The molecule has 3 rings (SSSR count). The van der Waals surface area contributed by atoms with Gasteiger partial charge in [0.1, 0.15) is 0 Å². The van der Waals surface area contributed by atoms with Crippen molar-refractivity contribution in [3.8, 4) is 5.75 Å². The fraction of sp³-hybridized carbons (Fsp3) is 0.133. The Hall–Kier alpha value is -2.27. The first-order chi connectivity index (χ1) is 9.78. The zero-order valence-electron chi connectivity index (χ0n) is 10.9. The van der Waals surface area contributed by atoms with Crippen molar-refractivity contribution < 1.29 is 13.9 Å². The van der Waals surface area contributed by atoms with Gasteiger partial charge in [0.2, 0.25) is 0 Å². The molecule has 1 amide bonds. The SMILES string of the molecule is COc1cccc2cc(C(=O)NCc3cccs3)oc12. The van der Waals surface area contributed by atoms with Gasteiger partial charge in [0.15, 0.2) is 17.1 Å². The minimum absolute atomic E-state index is 0.225. The predicted octanol–water partition coefficient (Wildman–Crippen LogP) is 3.43. The fourth-order valence-electron chi connectivity index (χ4n) is 1.98. The van der Waals surface area contributed by atoms with Crippen LogP contribution < -0.4 is 10.1 Å². The van der Waals surface area contributed by atoms with Crippen LogP contribution in [-0.2, 0) is 6.54 Å². The van der Waals surface area contributed by atoms with Gasteiger partial charge in [-0.15, -0.1) is 11.3 Å². The number of amides is 1. The molecule has 0 spiro atoms. The number of hydrogen-bond acceptors (Lipinski definition) is 4. The summed E-state index contributed by atoms with van der Waals surface area (Å²) in [5.74, 6) is 0.692. The number of rotatable bonds is 4. The molecule has 0 saturated carbocycles. The van der Waals surface area contributed by atoms with Gasteiger partial charge in [-0.05, 0) is 23.6 Å². The van der Waals surface area contributed by atoms with Gasteiger partial charge in [-0.2, -0.15) is 0 Å². The lowest BCUT2D eigenvalue weighted by molar-refractivity contribution is 0.0925. The summed E-state index contributed by atoms with van der Waals surface area (Å²) in [5, 5.41) is 5.67. The molecule has 1 aromatic carbocycles. The van der Waals surface area contributed by atoms with Crippen LogP contribution in [0.2, 0.25) is 0 Å². The van der Waals surface area contributed by atoms with Crippen LogP contribution in [0, 0.1) is 0 Å². The molecule has 0 aliphatic heterocycles.